The first-order valence-corrected chi connectivity index (χ1v) is 14.5. The van der Waals surface area contributed by atoms with Crippen LogP contribution in [0.2, 0.25) is 0 Å². The van der Waals surface area contributed by atoms with E-state index in [1.165, 1.54) is 0 Å². The Labute approximate surface area is 239 Å². The van der Waals surface area contributed by atoms with Crippen LogP contribution in [0.5, 0.6) is 0 Å². The molecular formula is C29H53N5O6. The fourth-order valence-corrected chi connectivity index (χ4v) is 3.86. The van der Waals surface area contributed by atoms with Crippen LogP contribution in [-0.4, -0.2) is 65.9 Å². The highest BCUT2D eigenvalue weighted by Gasteiger charge is 2.32. The maximum absolute atomic E-state index is 13.0. The minimum absolute atomic E-state index is 0.00344. The predicted molar refractivity (Wildman–Crippen MR) is 155 cm³/mol. The highest BCUT2D eigenvalue weighted by molar-refractivity contribution is 6.39. The second-order valence-corrected chi connectivity index (χ2v) is 12.2. The van der Waals surface area contributed by atoms with E-state index in [0.29, 0.717) is 12.5 Å². The van der Waals surface area contributed by atoms with Crippen LogP contribution < -0.4 is 27.0 Å². The molecule has 0 rings (SSSR count). The molecule has 40 heavy (non-hydrogen) atoms. The average molecular weight is 568 g/mol. The number of nitrogens with one attached hydrogen (secondary N) is 4. The minimum Gasteiger partial charge on any atom is -0.354 e. The number of hydrogen-bond acceptors (Lipinski definition) is 7. The first-order chi connectivity index (χ1) is 18.5. The standard InChI is InChI=1S/C29H53N5O6/c1-16(2)12-13-31-27(38)20(9)32-28(39)21(30)10-11-23(35)26(37)22(14-17(3)4)33-29(40)25(19(7)8)34-24(36)15-18(5)6/h16-22,25H,10-15,30H2,1-9H3,(H,31,38)(H,32,39)(H,33,40)(H,34,36)/t20-,21-,22-,25-/m0/s1. The number of amides is 4. The van der Waals surface area contributed by atoms with Gasteiger partial charge in [-0.25, -0.2) is 0 Å². The Bertz CT molecular complexity index is 871. The number of Topliss-reactive ketones (excluding diaryl/α,β-unsaturated/α-hetero) is 2. The van der Waals surface area contributed by atoms with Crippen LogP contribution >= 0.6 is 0 Å². The molecule has 230 valence electrons. The van der Waals surface area contributed by atoms with E-state index in [9.17, 15) is 28.8 Å². The van der Waals surface area contributed by atoms with Crippen molar-refractivity contribution in [2.75, 3.05) is 6.54 Å². The lowest BCUT2D eigenvalue weighted by Crippen LogP contribution is -2.55. The van der Waals surface area contributed by atoms with Gasteiger partial charge in [0, 0.05) is 19.4 Å². The maximum atomic E-state index is 13.0. The Morgan fingerprint density at radius 2 is 1.27 bits per heavy atom. The molecule has 0 aliphatic rings. The smallest absolute Gasteiger partial charge is 0.243 e. The van der Waals surface area contributed by atoms with Crippen LogP contribution in [0.1, 0.15) is 94.4 Å². The Balaban J connectivity index is 5.12. The lowest BCUT2D eigenvalue weighted by molar-refractivity contribution is -0.140. The predicted octanol–water partition coefficient (Wildman–Crippen LogP) is 1.62. The van der Waals surface area contributed by atoms with Gasteiger partial charge in [-0.05, 0) is 49.9 Å². The molecule has 0 aliphatic heterocycles. The summed E-state index contributed by atoms with van der Waals surface area (Å²) in [5.74, 6) is -2.95. The van der Waals surface area contributed by atoms with Crippen LogP contribution in [0.4, 0.5) is 0 Å². The third-order valence-corrected chi connectivity index (χ3v) is 6.27. The van der Waals surface area contributed by atoms with Gasteiger partial charge in [0.05, 0.1) is 12.1 Å². The van der Waals surface area contributed by atoms with E-state index < -0.39 is 47.5 Å². The minimum atomic E-state index is -1.10. The SMILES string of the molecule is CC(C)CCNC(=O)[C@H](C)NC(=O)[C@@H](N)CCC(=O)C(=O)[C@H](CC(C)C)NC(=O)[C@@H](NC(=O)CC(C)C)C(C)C. The largest absolute Gasteiger partial charge is 0.354 e. The highest BCUT2D eigenvalue weighted by Crippen LogP contribution is 2.11. The van der Waals surface area contributed by atoms with Crippen molar-refractivity contribution in [3.63, 3.8) is 0 Å². The number of carbonyl (C=O) groups excluding carboxylic acids is 6. The quantitative estimate of drug-likeness (QED) is 0.147. The molecule has 0 spiro atoms. The first-order valence-electron chi connectivity index (χ1n) is 14.5. The van der Waals surface area contributed by atoms with Gasteiger partial charge in [0.25, 0.3) is 0 Å². The normalized spacial score (nSPS) is 14.4. The summed E-state index contributed by atoms with van der Waals surface area (Å²) >= 11 is 0. The van der Waals surface area contributed by atoms with Crippen molar-refractivity contribution < 1.29 is 28.8 Å². The van der Waals surface area contributed by atoms with Gasteiger partial charge in [-0.2, -0.15) is 0 Å². The molecule has 6 N–H and O–H groups in total. The molecule has 4 amide bonds. The number of nitrogens with two attached hydrogens (primary N) is 1. The Morgan fingerprint density at radius 3 is 1.77 bits per heavy atom. The molecule has 0 fully saturated rings. The van der Waals surface area contributed by atoms with Crippen LogP contribution in [-0.2, 0) is 28.8 Å². The molecule has 11 heteroatoms. The van der Waals surface area contributed by atoms with Gasteiger partial charge < -0.3 is 27.0 Å². The maximum Gasteiger partial charge on any atom is 0.243 e. The summed E-state index contributed by atoms with van der Waals surface area (Å²) in [5, 5.41) is 10.7. The van der Waals surface area contributed by atoms with E-state index in [0.717, 1.165) is 6.42 Å². The topological polar surface area (TPSA) is 177 Å². The Morgan fingerprint density at radius 1 is 0.675 bits per heavy atom. The zero-order valence-corrected chi connectivity index (χ0v) is 25.9. The summed E-state index contributed by atoms with van der Waals surface area (Å²) in [4.78, 5) is 75.7. The van der Waals surface area contributed by atoms with Crippen molar-refractivity contribution in [2.24, 2.45) is 29.4 Å². The van der Waals surface area contributed by atoms with Gasteiger partial charge in [-0.15, -0.1) is 0 Å². The van der Waals surface area contributed by atoms with E-state index in [4.69, 9.17) is 5.73 Å². The average Bonchev–Trinajstić information content (AvgIpc) is 2.83. The van der Waals surface area contributed by atoms with Crippen molar-refractivity contribution in [1.29, 1.82) is 0 Å². The van der Waals surface area contributed by atoms with E-state index in [2.05, 4.69) is 21.3 Å². The second-order valence-electron chi connectivity index (χ2n) is 12.2. The molecule has 0 saturated heterocycles. The summed E-state index contributed by atoms with van der Waals surface area (Å²) < 4.78 is 0. The molecular weight excluding hydrogens is 514 g/mol. The molecule has 0 radical (unpaired) electrons. The molecule has 0 aromatic rings. The van der Waals surface area contributed by atoms with Gasteiger partial charge in [0.1, 0.15) is 12.1 Å². The summed E-state index contributed by atoms with van der Waals surface area (Å²) in [6.07, 6.45) is 0.924. The summed E-state index contributed by atoms with van der Waals surface area (Å²) in [6.45, 7) is 17.2. The Kier molecular flexibility index (Phi) is 17.2. The number of carbonyl (C=O) groups is 6. The first kappa shape index (κ1) is 37.2. The van der Waals surface area contributed by atoms with Crippen molar-refractivity contribution in [2.45, 2.75) is 119 Å². The molecule has 0 aromatic carbocycles. The van der Waals surface area contributed by atoms with E-state index in [-0.39, 0.29) is 55.3 Å². The van der Waals surface area contributed by atoms with E-state index in [1.54, 1.807) is 20.8 Å². The van der Waals surface area contributed by atoms with Crippen molar-refractivity contribution in [3.05, 3.63) is 0 Å². The lowest BCUT2D eigenvalue weighted by atomic mass is 9.94. The van der Waals surface area contributed by atoms with E-state index in [1.807, 2.05) is 41.5 Å². The van der Waals surface area contributed by atoms with Crippen LogP contribution in [0.15, 0.2) is 0 Å². The van der Waals surface area contributed by atoms with Gasteiger partial charge in [0.2, 0.25) is 35.2 Å². The molecule has 0 saturated carbocycles. The van der Waals surface area contributed by atoms with Crippen LogP contribution in [0.3, 0.4) is 0 Å². The molecule has 11 nitrogen and oxygen atoms in total. The molecule has 0 heterocycles. The fourth-order valence-electron chi connectivity index (χ4n) is 3.86. The van der Waals surface area contributed by atoms with Gasteiger partial charge in [0.15, 0.2) is 0 Å². The number of rotatable bonds is 19. The summed E-state index contributed by atoms with van der Waals surface area (Å²) in [6, 6.07) is -3.82. The van der Waals surface area contributed by atoms with Gasteiger partial charge >= 0.3 is 0 Å². The molecule has 0 bridgehead atoms. The number of ketones is 2. The number of hydrogen-bond donors (Lipinski definition) is 5. The van der Waals surface area contributed by atoms with Crippen molar-refractivity contribution in [3.8, 4) is 0 Å². The van der Waals surface area contributed by atoms with Crippen molar-refractivity contribution >= 4 is 35.2 Å². The molecule has 0 aliphatic carbocycles. The van der Waals surface area contributed by atoms with Crippen molar-refractivity contribution in [1.82, 2.24) is 21.3 Å². The van der Waals surface area contributed by atoms with Gasteiger partial charge in [-0.1, -0.05) is 55.4 Å². The van der Waals surface area contributed by atoms with Crippen LogP contribution in [0.25, 0.3) is 0 Å². The second kappa shape index (κ2) is 18.5. The highest BCUT2D eigenvalue weighted by atomic mass is 16.2. The molecule has 0 aromatic heterocycles. The summed E-state index contributed by atoms with van der Waals surface area (Å²) in [7, 11) is 0. The zero-order chi connectivity index (χ0) is 31.2. The molecule has 4 atom stereocenters. The zero-order valence-electron chi connectivity index (χ0n) is 25.9. The monoisotopic (exact) mass is 567 g/mol. The fraction of sp³-hybridized carbons (Fsp3) is 0.793. The lowest BCUT2D eigenvalue weighted by Gasteiger charge is -2.26. The van der Waals surface area contributed by atoms with Gasteiger partial charge in [-0.3, -0.25) is 28.8 Å². The summed E-state index contributed by atoms with van der Waals surface area (Å²) in [5.41, 5.74) is 5.93. The Hall–Kier alpha value is -2.82. The third-order valence-electron chi connectivity index (χ3n) is 6.27. The van der Waals surface area contributed by atoms with E-state index >= 15 is 0 Å². The third kappa shape index (κ3) is 15.1. The van der Waals surface area contributed by atoms with Crippen LogP contribution in [0, 0.1) is 23.7 Å². The molecule has 0 unspecified atom stereocenters.